The molecule has 0 bridgehead atoms. The first-order chi connectivity index (χ1) is 12.0. The summed E-state index contributed by atoms with van der Waals surface area (Å²) in [6.45, 7) is 3.92. The van der Waals surface area contributed by atoms with E-state index >= 15 is 0 Å². The van der Waals surface area contributed by atoms with Crippen LogP contribution in [0.25, 0.3) is 28.0 Å². The molecule has 0 aliphatic carbocycles. The molecule has 4 rings (SSSR count). The molecule has 4 heteroatoms. The van der Waals surface area contributed by atoms with Gasteiger partial charge >= 0.3 is 0 Å². The quantitative estimate of drug-likeness (QED) is 0.552. The lowest BCUT2D eigenvalue weighted by Crippen LogP contribution is -1.93. The second-order valence-electron chi connectivity index (χ2n) is 6.23. The van der Waals surface area contributed by atoms with Crippen molar-refractivity contribution in [1.29, 1.82) is 0 Å². The molecule has 0 fully saturated rings. The summed E-state index contributed by atoms with van der Waals surface area (Å²) in [5.74, 6) is -0.556. The standard InChI is InChI=1S/C21H17FN2O/c1-13-4-3-5-15(10-13)16-6-9-20-23-14(2)21(24(20)12-16)18-8-7-17(25)11-19(18)22/h3-12,25H,1-2H3. The van der Waals surface area contributed by atoms with Gasteiger partial charge in [0.25, 0.3) is 0 Å². The fraction of sp³-hybridized carbons (Fsp3) is 0.0952. The van der Waals surface area contributed by atoms with E-state index in [-0.39, 0.29) is 5.75 Å². The number of phenols is 1. The number of halogens is 1. The number of imidazole rings is 1. The molecule has 0 aliphatic rings. The van der Waals surface area contributed by atoms with Gasteiger partial charge in [-0.15, -0.1) is 0 Å². The number of nitrogens with zero attached hydrogens (tertiary/aromatic N) is 2. The van der Waals surface area contributed by atoms with E-state index in [1.54, 1.807) is 6.07 Å². The predicted octanol–water partition coefficient (Wildman–Crippen LogP) is 5.13. The second kappa shape index (κ2) is 5.74. The monoisotopic (exact) mass is 332 g/mol. The minimum Gasteiger partial charge on any atom is -0.508 e. The van der Waals surface area contributed by atoms with Gasteiger partial charge in [-0.25, -0.2) is 9.37 Å². The Balaban J connectivity index is 1.96. The van der Waals surface area contributed by atoms with Crippen LogP contribution >= 0.6 is 0 Å². The summed E-state index contributed by atoms with van der Waals surface area (Å²) in [4.78, 5) is 4.54. The molecule has 0 saturated carbocycles. The number of phenolic OH excluding ortho intramolecular Hbond substituents is 1. The van der Waals surface area contributed by atoms with Crippen LogP contribution in [0.1, 0.15) is 11.3 Å². The Bertz CT molecular complexity index is 1100. The molecule has 124 valence electrons. The molecule has 3 nitrogen and oxygen atoms in total. The molecule has 2 heterocycles. The van der Waals surface area contributed by atoms with Gasteiger partial charge in [0.1, 0.15) is 17.2 Å². The van der Waals surface area contributed by atoms with Crippen LogP contribution < -0.4 is 0 Å². The summed E-state index contributed by atoms with van der Waals surface area (Å²) in [5.41, 5.74) is 5.94. The molecule has 25 heavy (non-hydrogen) atoms. The van der Waals surface area contributed by atoms with Crippen LogP contribution in [0.15, 0.2) is 60.8 Å². The highest BCUT2D eigenvalue weighted by Gasteiger charge is 2.15. The number of rotatable bonds is 2. The summed E-state index contributed by atoms with van der Waals surface area (Å²) in [6.07, 6.45) is 1.98. The van der Waals surface area contributed by atoms with Crippen molar-refractivity contribution >= 4 is 5.65 Å². The van der Waals surface area contributed by atoms with Gasteiger partial charge in [0, 0.05) is 17.8 Å². The highest BCUT2D eigenvalue weighted by atomic mass is 19.1. The minimum atomic E-state index is -0.467. The lowest BCUT2D eigenvalue weighted by molar-refractivity contribution is 0.469. The number of pyridine rings is 1. The van der Waals surface area contributed by atoms with Gasteiger partial charge in [-0.1, -0.05) is 29.8 Å². The predicted molar refractivity (Wildman–Crippen MR) is 97.2 cm³/mol. The molecule has 0 unspecified atom stereocenters. The van der Waals surface area contributed by atoms with E-state index in [0.717, 1.165) is 28.5 Å². The topological polar surface area (TPSA) is 37.5 Å². The number of fused-ring (bicyclic) bond motifs is 1. The fourth-order valence-electron chi connectivity index (χ4n) is 3.18. The van der Waals surface area contributed by atoms with E-state index in [2.05, 4.69) is 30.1 Å². The summed E-state index contributed by atoms with van der Waals surface area (Å²) in [5, 5.41) is 9.47. The van der Waals surface area contributed by atoms with Crippen molar-refractivity contribution in [1.82, 2.24) is 9.38 Å². The first-order valence-electron chi connectivity index (χ1n) is 8.07. The third-order valence-electron chi connectivity index (χ3n) is 4.35. The first-order valence-corrected chi connectivity index (χ1v) is 8.07. The van der Waals surface area contributed by atoms with Gasteiger partial charge in [-0.3, -0.25) is 4.40 Å². The molecular formula is C21H17FN2O. The average Bonchev–Trinajstić information content (AvgIpc) is 2.90. The van der Waals surface area contributed by atoms with E-state index in [1.807, 2.05) is 35.7 Å². The largest absolute Gasteiger partial charge is 0.508 e. The minimum absolute atomic E-state index is 0.0897. The molecule has 0 radical (unpaired) electrons. The van der Waals surface area contributed by atoms with Crippen LogP contribution in [0.4, 0.5) is 4.39 Å². The SMILES string of the molecule is Cc1cccc(-c2ccc3nc(C)c(-c4ccc(O)cc4F)n3c2)c1. The molecule has 0 aliphatic heterocycles. The first kappa shape index (κ1) is 15.4. The number of hydrogen-bond donors (Lipinski definition) is 1. The molecule has 2 aromatic heterocycles. The van der Waals surface area contributed by atoms with Crippen LogP contribution in [0.2, 0.25) is 0 Å². The Morgan fingerprint density at radius 1 is 0.960 bits per heavy atom. The third kappa shape index (κ3) is 2.66. The normalized spacial score (nSPS) is 11.2. The zero-order valence-electron chi connectivity index (χ0n) is 14.0. The number of aryl methyl sites for hydroxylation is 2. The molecular weight excluding hydrogens is 315 g/mol. The summed E-state index contributed by atoms with van der Waals surface area (Å²) in [7, 11) is 0. The van der Waals surface area contributed by atoms with Gasteiger partial charge in [0.05, 0.1) is 11.4 Å². The van der Waals surface area contributed by atoms with Crippen LogP contribution in [0.3, 0.4) is 0 Å². The van der Waals surface area contributed by atoms with Crippen molar-refractivity contribution in [3.63, 3.8) is 0 Å². The van der Waals surface area contributed by atoms with Gasteiger partial charge in [0.15, 0.2) is 0 Å². The van der Waals surface area contributed by atoms with Crippen molar-refractivity contribution in [2.75, 3.05) is 0 Å². The molecule has 1 N–H and O–H groups in total. The Labute approximate surface area is 145 Å². The highest BCUT2D eigenvalue weighted by Crippen LogP contribution is 2.31. The van der Waals surface area contributed by atoms with Gasteiger partial charge < -0.3 is 5.11 Å². The van der Waals surface area contributed by atoms with Crippen LogP contribution in [-0.4, -0.2) is 14.5 Å². The average molecular weight is 332 g/mol. The molecule has 0 saturated heterocycles. The number of aromatic hydroxyl groups is 1. The van der Waals surface area contributed by atoms with Crippen molar-refractivity contribution in [2.24, 2.45) is 0 Å². The van der Waals surface area contributed by atoms with E-state index < -0.39 is 5.82 Å². The van der Waals surface area contributed by atoms with Crippen LogP contribution in [0, 0.1) is 19.7 Å². The van der Waals surface area contributed by atoms with E-state index in [0.29, 0.717) is 11.3 Å². The fourth-order valence-corrected chi connectivity index (χ4v) is 3.18. The zero-order chi connectivity index (χ0) is 17.6. The Morgan fingerprint density at radius 3 is 2.56 bits per heavy atom. The van der Waals surface area contributed by atoms with Crippen molar-refractivity contribution in [3.8, 4) is 28.1 Å². The molecule has 0 amide bonds. The maximum atomic E-state index is 14.4. The van der Waals surface area contributed by atoms with Crippen molar-refractivity contribution < 1.29 is 9.50 Å². The molecule has 0 spiro atoms. The van der Waals surface area contributed by atoms with Gasteiger partial charge in [-0.05, 0) is 49.2 Å². The smallest absolute Gasteiger partial charge is 0.137 e. The summed E-state index contributed by atoms with van der Waals surface area (Å²) in [6, 6.07) is 16.4. The highest BCUT2D eigenvalue weighted by molar-refractivity contribution is 5.72. The van der Waals surface area contributed by atoms with Crippen molar-refractivity contribution in [3.05, 3.63) is 77.9 Å². The van der Waals surface area contributed by atoms with Gasteiger partial charge in [0.2, 0.25) is 0 Å². The van der Waals surface area contributed by atoms with Crippen LogP contribution in [-0.2, 0) is 0 Å². The Morgan fingerprint density at radius 2 is 1.80 bits per heavy atom. The molecule has 0 atom stereocenters. The maximum absolute atomic E-state index is 14.4. The number of hydrogen-bond acceptors (Lipinski definition) is 2. The number of benzene rings is 2. The lowest BCUT2D eigenvalue weighted by atomic mass is 10.1. The summed E-state index contributed by atoms with van der Waals surface area (Å²) < 4.78 is 16.3. The van der Waals surface area contributed by atoms with Crippen molar-refractivity contribution in [2.45, 2.75) is 13.8 Å². The number of aromatic nitrogens is 2. The summed E-state index contributed by atoms with van der Waals surface area (Å²) >= 11 is 0. The van der Waals surface area contributed by atoms with E-state index in [9.17, 15) is 9.50 Å². The van der Waals surface area contributed by atoms with Gasteiger partial charge in [-0.2, -0.15) is 0 Å². The third-order valence-corrected chi connectivity index (χ3v) is 4.35. The van der Waals surface area contributed by atoms with Crippen LogP contribution in [0.5, 0.6) is 5.75 Å². The lowest BCUT2D eigenvalue weighted by Gasteiger charge is -2.08. The maximum Gasteiger partial charge on any atom is 0.137 e. The zero-order valence-corrected chi connectivity index (χ0v) is 14.0. The van der Waals surface area contributed by atoms with E-state index in [1.165, 1.54) is 11.6 Å². The Hall–Kier alpha value is -3.14. The molecule has 4 aromatic rings. The van der Waals surface area contributed by atoms with E-state index in [4.69, 9.17) is 0 Å². The molecule has 2 aromatic carbocycles. The second-order valence-corrected chi connectivity index (χ2v) is 6.23. The Kier molecular flexibility index (Phi) is 3.53.